The van der Waals surface area contributed by atoms with Crippen LogP contribution in [0, 0.1) is 5.92 Å². The first kappa shape index (κ1) is 11.1. The first-order chi connectivity index (χ1) is 7.54. The maximum atomic E-state index is 11.2. The molecule has 0 radical (unpaired) electrons. The molecule has 1 aromatic rings. The van der Waals surface area contributed by atoms with Gasteiger partial charge < -0.3 is 0 Å². The van der Waals surface area contributed by atoms with Crippen LogP contribution in [-0.2, 0) is 17.8 Å². The second-order valence-electron chi connectivity index (χ2n) is 4.78. The fourth-order valence-corrected chi connectivity index (χ4v) is 2.50. The van der Waals surface area contributed by atoms with Crippen LogP contribution in [-0.4, -0.2) is 15.6 Å². The number of rotatable bonds is 3. The van der Waals surface area contributed by atoms with Crippen molar-refractivity contribution < 1.29 is 4.79 Å². The number of carbonyl (C=O) groups excluding carboxylic acids is 1. The predicted octanol–water partition coefficient (Wildman–Crippen LogP) is 2.41. The van der Waals surface area contributed by atoms with Crippen LogP contribution in [0.2, 0.25) is 0 Å². The summed E-state index contributed by atoms with van der Waals surface area (Å²) in [5.41, 5.74) is 3.47. The summed E-state index contributed by atoms with van der Waals surface area (Å²) in [6.07, 6.45) is 2.81. The molecule has 2 atom stereocenters. The smallest absolute Gasteiger partial charge is 0.151 e. The van der Waals surface area contributed by atoms with Gasteiger partial charge in [-0.1, -0.05) is 20.4 Å². The topological polar surface area (TPSA) is 34.9 Å². The molecule has 1 aliphatic carbocycles. The van der Waals surface area contributed by atoms with E-state index >= 15 is 0 Å². The fourth-order valence-electron chi connectivity index (χ4n) is 2.50. The number of hydrogen-bond donors (Lipinski definition) is 0. The molecule has 0 aromatic carbocycles. The van der Waals surface area contributed by atoms with Crippen LogP contribution in [0.25, 0.3) is 6.08 Å². The highest BCUT2D eigenvalue weighted by Crippen LogP contribution is 2.39. The minimum atomic E-state index is 0.146. The van der Waals surface area contributed by atoms with E-state index in [1.165, 1.54) is 11.3 Å². The van der Waals surface area contributed by atoms with Crippen LogP contribution >= 0.6 is 0 Å². The van der Waals surface area contributed by atoms with Gasteiger partial charge in [0.05, 0.1) is 12.2 Å². The lowest BCUT2D eigenvalue weighted by Gasteiger charge is -2.09. The molecular formula is C13H18N2O. The monoisotopic (exact) mass is 218 g/mol. The van der Waals surface area contributed by atoms with Gasteiger partial charge in [0.2, 0.25) is 0 Å². The van der Waals surface area contributed by atoms with Crippen molar-refractivity contribution in [2.24, 2.45) is 5.92 Å². The molecule has 3 heteroatoms. The molecule has 0 N–H and O–H groups in total. The minimum absolute atomic E-state index is 0.146. The van der Waals surface area contributed by atoms with Crippen LogP contribution in [0.5, 0.6) is 0 Å². The zero-order valence-corrected chi connectivity index (χ0v) is 10.2. The van der Waals surface area contributed by atoms with E-state index in [9.17, 15) is 4.79 Å². The molecule has 1 aliphatic rings. The van der Waals surface area contributed by atoms with Crippen LogP contribution in [0.1, 0.15) is 43.6 Å². The molecule has 0 saturated carbocycles. The number of Topliss-reactive ketones (excluding diaryl/α,β-unsaturated/α-hetero) is 1. The second kappa shape index (κ2) is 3.89. The molecule has 86 valence electrons. The largest absolute Gasteiger partial charge is 0.298 e. The summed E-state index contributed by atoms with van der Waals surface area (Å²) in [7, 11) is 0. The molecule has 0 fully saturated rings. The molecule has 16 heavy (non-hydrogen) atoms. The van der Waals surface area contributed by atoms with Crippen molar-refractivity contribution >= 4 is 11.9 Å². The van der Waals surface area contributed by atoms with Crippen LogP contribution in [0.15, 0.2) is 6.58 Å². The van der Waals surface area contributed by atoms with Gasteiger partial charge in [0.25, 0.3) is 0 Å². The van der Waals surface area contributed by atoms with E-state index < -0.39 is 0 Å². The van der Waals surface area contributed by atoms with Crippen molar-refractivity contribution in [2.75, 3.05) is 0 Å². The molecule has 1 aromatic heterocycles. The van der Waals surface area contributed by atoms with Gasteiger partial charge in [-0.15, -0.1) is 0 Å². The van der Waals surface area contributed by atoms with Crippen molar-refractivity contribution in [1.29, 1.82) is 0 Å². The lowest BCUT2D eigenvalue weighted by atomic mass is 9.96. The zero-order valence-electron chi connectivity index (χ0n) is 10.2. The Labute approximate surface area is 96.2 Å². The maximum Gasteiger partial charge on any atom is 0.151 e. The SMILES string of the molecule is C=Cc1nn(CC(C)=O)c2c1C(C)[C@H](C)C2. The van der Waals surface area contributed by atoms with Crippen LogP contribution in [0.3, 0.4) is 0 Å². The second-order valence-corrected chi connectivity index (χ2v) is 4.78. The van der Waals surface area contributed by atoms with Crippen molar-refractivity contribution in [3.63, 3.8) is 0 Å². The van der Waals surface area contributed by atoms with Gasteiger partial charge in [-0.3, -0.25) is 9.48 Å². The van der Waals surface area contributed by atoms with Gasteiger partial charge in [-0.25, -0.2) is 0 Å². The molecule has 2 rings (SSSR count). The number of nitrogens with zero attached hydrogens (tertiary/aromatic N) is 2. The highest BCUT2D eigenvalue weighted by Gasteiger charge is 2.32. The molecular weight excluding hydrogens is 200 g/mol. The van der Waals surface area contributed by atoms with E-state index in [4.69, 9.17) is 0 Å². The Morgan fingerprint density at radius 1 is 1.62 bits per heavy atom. The lowest BCUT2D eigenvalue weighted by Crippen LogP contribution is -2.11. The zero-order chi connectivity index (χ0) is 11.9. The first-order valence-electron chi connectivity index (χ1n) is 5.76. The van der Waals surface area contributed by atoms with Gasteiger partial charge in [0.15, 0.2) is 5.78 Å². The minimum Gasteiger partial charge on any atom is -0.298 e. The predicted molar refractivity (Wildman–Crippen MR) is 64.3 cm³/mol. The number of hydrogen-bond acceptors (Lipinski definition) is 2. The van der Waals surface area contributed by atoms with Crippen molar-refractivity contribution in [1.82, 2.24) is 9.78 Å². The van der Waals surface area contributed by atoms with Crippen molar-refractivity contribution in [3.05, 3.63) is 23.5 Å². The Hall–Kier alpha value is -1.38. The highest BCUT2D eigenvalue weighted by molar-refractivity contribution is 5.75. The van der Waals surface area contributed by atoms with E-state index in [2.05, 4.69) is 25.5 Å². The van der Waals surface area contributed by atoms with Crippen molar-refractivity contribution in [2.45, 2.75) is 39.7 Å². The van der Waals surface area contributed by atoms with Gasteiger partial charge >= 0.3 is 0 Å². The van der Waals surface area contributed by atoms with E-state index in [0.717, 1.165) is 12.1 Å². The fraction of sp³-hybridized carbons (Fsp3) is 0.538. The van der Waals surface area contributed by atoms with Crippen LogP contribution in [0.4, 0.5) is 0 Å². The Kier molecular flexibility index (Phi) is 2.70. The summed E-state index contributed by atoms with van der Waals surface area (Å²) in [6, 6.07) is 0. The van der Waals surface area contributed by atoms with Crippen molar-refractivity contribution in [3.8, 4) is 0 Å². The van der Waals surface area contributed by atoms with E-state index in [0.29, 0.717) is 18.4 Å². The highest BCUT2D eigenvalue weighted by atomic mass is 16.1. The van der Waals surface area contributed by atoms with E-state index in [1.54, 1.807) is 13.0 Å². The third-order valence-corrected chi connectivity index (χ3v) is 3.52. The van der Waals surface area contributed by atoms with E-state index in [1.807, 2.05) is 4.68 Å². The average Bonchev–Trinajstić information content (AvgIpc) is 2.68. The summed E-state index contributed by atoms with van der Waals surface area (Å²) < 4.78 is 1.86. The summed E-state index contributed by atoms with van der Waals surface area (Å²) >= 11 is 0. The summed E-state index contributed by atoms with van der Waals surface area (Å²) in [6.45, 7) is 10.3. The standard InChI is InChI=1S/C13H18N2O/c1-5-11-13-10(4)8(2)6-12(13)15(14-11)7-9(3)16/h5,8,10H,1,6-7H2,2-4H3/t8-,10?/m1/s1. The Morgan fingerprint density at radius 3 is 2.88 bits per heavy atom. The Morgan fingerprint density at radius 2 is 2.31 bits per heavy atom. The molecule has 0 spiro atoms. The molecule has 0 saturated heterocycles. The maximum absolute atomic E-state index is 11.2. The van der Waals surface area contributed by atoms with Gasteiger partial charge in [0, 0.05) is 11.3 Å². The molecule has 1 heterocycles. The quantitative estimate of drug-likeness (QED) is 0.781. The van der Waals surface area contributed by atoms with Gasteiger partial charge in [-0.2, -0.15) is 5.10 Å². The number of carbonyl (C=O) groups is 1. The van der Waals surface area contributed by atoms with Gasteiger partial charge in [-0.05, 0) is 31.3 Å². The number of aromatic nitrogens is 2. The summed E-state index contributed by atoms with van der Waals surface area (Å²) in [5, 5.41) is 4.45. The Balaban J connectivity index is 2.47. The van der Waals surface area contributed by atoms with E-state index in [-0.39, 0.29) is 5.78 Å². The molecule has 0 aliphatic heterocycles. The Bertz CT molecular complexity index is 445. The van der Waals surface area contributed by atoms with Gasteiger partial charge in [0.1, 0.15) is 0 Å². The molecule has 0 bridgehead atoms. The summed E-state index contributed by atoms with van der Waals surface area (Å²) in [4.78, 5) is 11.2. The molecule has 0 amide bonds. The third-order valence-electron chi connectivity index (χ3n) is 3.52. The average molecular weight is 218 g/mol. The number of ketones is 1. The molecule has 1 unspecified atom stereocenters. The summed E-state index contributed by atoms with van der Waals surface area (Å²) in [5.74, 6) is 1.29. The lowest BCUT2D eigenvalue weighted by molar-refractivity contribution is -0.117. The number of fused-ring (bicyclic) bond motifs is 1. The molecule has 3 nitrogen and oxygen atoms in total. The normalized spacial score (nSPS) is 23.2. The first-order valence-corrected chi connectivity index (χ1v) is 5.76. The third kappa shape index (κ3) is 1.60. The van der Waals surface area contributed by atoms with Crippen LogP contribution < -0.4 is 0 Å².